The minimum absolute atomic E-state index is 0.623. The van der Waals surface area contributed by atoms with E-state index >= 15 is 0 Å². The van der Waals surface area contributed by atoms with Crippen molar-refractivity contribution in [1.82, 2.24) is 0 Å². The Labute approximate surface area is 193 Å². The van der Waals surface area contributed by atoms with Crippen molar-refractivity contribution in [3.05, 3.63) is 121 Å². The van der Waals surface area contributed by atoms with Gasteiger partial charge in [-0.05, 0) is 34.6 Å². The van der Waals surface area contributed by atoms with Gasteiger partial charge in [-0.15, -0.1) is 0 Å². The first-order valence-electron chi connectivity index (χ1n) is 11.3. The molecule has 0 fully saturated rings. The molecule has 0 atom stereocenters. The van der Waals surface area contributed by atoms with Crippen LogP contribution in [0.1, 0.15) is 13.8 Å². The van der Waals surface area contributed by atoms with E-state index in [1.807, 2.05) is 0 Å². The Bertz CT molecular complexity index is 917. The molecule has 0 saturated carbocycles. The molecule has 4 rings (SSSR count). The third-order valence-electron chi connectivity index (χ3n) is 5.94. The molecular weight excluding hydrogens is 424 g/mol. The minimum atomic E-state index is -2.91. The van der Waals surface area contributed by atoms with Crippen molar-refractivity contribution < 1.29 is 8.85 Å². The van der Waals surface area contributed by atoms with Crippen LogP contribution in [-0.2, 0) is 8.85 Å². The maximum atomic E-state index is 7.10. The van der Waals surface area contributed by atoms with E-state index in [2.05, 4.69) is 135 Å². The molecule has 0 aliphatic rings. The predicted molar refractivity (Wildman–Crippen MR) is 139 cm³/mol. The molecule has 4 aromatic rings. The fourth-order valence-corrected chi connectivity index (χ4v) is 20.7. The highest BCUT2D eigenvalue weighted by molar-refractivity contribution is 7.55. The van der Waals surface area contributed by atoms with Gasteiger partial charge in [0.05, 0.1) is 0 Å². The van der Waals surface area contributed by atoms with Gasteiger partial charge in [-0.1, -0.05) is 121 Å². The lowest BCUT2D eigenvalue weighted by atomic mass is 10.4. The van der Waals surface area contributed by atoms with Gasteiger partial charge in [0.25, 0.3) is 15.7 Å². The summed E-state index contributed by atoms with van der Waals surface area (Å²) in [4.78, 5) is 0. The van der Waals surface area contributed by atoms with Crippen molar-refractivity contribution in [2.24, 2.45) is 0 Å². The number of rotatable bonds is 9. The molecule has 0 saturated heterocycles. The molecule has 0 aliphatic carbocycles. The Balaban J connectivity index is 2.20. The molecule has 32 heavy (non-hydrogen) atoms. The lowest BCUT2D eigenvalue weighted by Gasteiger charge is -2.47. The summed E-state index contributed by atoms with van der Waals surface area (Å²) in [6.07, 6.45) is 0. The zero-order chi connectivity index (χ0) is 22.3. The molecule has 2 nitrogen and oxygen atoms in total. The normalized spacial score (nSPS) is 11.9. The third kappa shape index (κ3) is 3.80. The first-order valence-corrected chi connectivity index (χ1v) is 16.1. The third-order valence-corrected chi connectivity index (χ3v) is 20.3. The van der Waals surface area contributed by atoms with E-state index in [-0.39, 0.29) is 0 Å². The molecule has 0 radical (unpaired) electrons. The highest BCUT2D eigenvalue weighted by Crippen LogP contribution is 2.24. The van der Waals surface area contributed by atoms with E-state index in [4.69, 9.17) is 8.85 Å². The van der Waals surface area contributed by atoms with Gasteiger partial charge in [0.1, 0.15) is 0 Å². The lowest BCUT2D eigenvalue weighted by molar-refractivity contribution is 0.318. The molecule has 0 aliphatic heterocycles. The second-order valence-electron chi connectivity index (χ2n) is 7.69. The minimum Gasteiger partial charge on any atom is -0.408 e. The molecule has 4 heteroatoms. The monoisotopic (exact) mass is 454 g/mol. The van der Waals surface area contributed by atoms with Crippen molar-refractivity contribution in [1.29, 1.82) is 0 Å². The van der Waals surface area contributed by atoms with Gasteiger partial charge < -0.3 is 8.85 Å². The molecule has 162 valence electrons. The molecular formula is C28H30O2Si2. The fourth-order valence-electron chi connectivity index (χ4n) is 4.81. The van der Waals surface area contributed by atoms with Crippen LogP contribution >= 0.6 is 0 Å². The second kappa shape index (κ2) is 10.2. The first kappa shape index (κ1) is 22.4. The Morgan fingerprint density at radius 3 is 0.812 bits per heavy atom. The average molecular weight is 455 g/mol. The maximum Gasteiger partial charge on any atom is 0.282 e. The first-order chi connectivity index (χ1) is 15.8. The van der Waals surface area contributed by atoms with Gasteiger partial charge in [0.15, 0.2) is 0 Å². The number of hydrogen-bond acceptors (Lipinski definition) is 2. The molecule has 0 spiro atoms. The van der Waals surface area contributed by atoms with Crippen molar-refractivity contribution in [2.75, 3.05) is 13.2 Å². The maximum absolute atomic E-state index is 7.10. The standard InChI is InChI=1S/C28H30O2Si2/c1-3-29-31(25-17-9-5-10-18-25,26-19-11-6-12-20-26)32(30-4-2,27-21-13-7-14-22-27)28-23-15-8-16-24-28/h5-24H,3-4H2,1-2H3. The van der Waals surface area contributed by atoms with Crippen LogP contribution in [0.3, 0.4) is 0 Å². The Morgan fingerprint density at radius 1 is 0.406 bits per heavy atom. The van der Waals surface area contributed by atoms with Gasteiger partial charge in [0.2, 0.25) is 0 Å². The van der Waals surface area contributed by atoms with Crippen LogP contribution in [0.4, 0.5) is 0 Å². The highest BCUT2D eigenvalue weighted by Gasteiger charge is 2.64. The van der Waals surface area contributed by atoms with Crippen LogP contribution in [0, 0.1) is 0 Å². The summed E-state index contributed by atoms with van der Waals surface area (Å²) in [7, 11) is -5.83. The summed E-state index contributed by atoms with van der Waals surface area (Å²) in [5.74, 6) is 0. The summed E-state index contributed by atoms with van der Waals surface area (Å²) in [5.41, 5.74) is 0. The van der Waals surface area contributed by atoms with E-state index in [9.17, 15) is 0 Å². The summed E-state index contributed by atoms with van der Waals surface area (Å²) < 4.78 is 14.2. The highest BCUT2D eigenvalue weighted by atomic mass is 29.3. The molecule has 0 heterocycles. The Kier molecular flexibility index (Phi) is 7.17. The zero-order valence-electron chi connectivity index (χ0n) is 18.8. The van der Waals surface area contributed by atoms with Crippen LogP contribution in [0.15, 0.2) is 121 Å². The van der Waals surface area contributed by atoms with Crippen molar-refractivity contribution >= 4 is 36.4 Å². The summed E-state index contributed by atoms with van der Waals surface area (Å²) in [6, 6.07) is 43.2. The van der Waals surface area contributed by atoms with Gasteiger partial charge in [-0.2, -0.15) is 0 Å². The molecule has 4 aromatic carbocycles. The van der Waals surface area contributed by atoms with Crippen molar-refractivity contribution in [3.8, 4) is 0 Å². The topological polar surface area (TPSA) is 18.5 Å². The van der Waals surface area contributed by atoms with Gasteiger partial charge in [0, 0.05) is 13.2 Å². The molecule has 0 N–H and O–H groups in total. The van der Waals surface area contributed by atoms with Crippen LogP contribution in [0.25, 0.3) is 0 Å². The second-order valence-corrected chi connectivity index (χ2v) is 17.5. The predicted octanol–water partition coefficient (Wildman–Crippen LogP) is 3.66. The van der Waals surface area contributed by atoms with Crippen molar-refractivity contribution in [3.63, 3.8) is 0 Å². The van der Waals surface area contributed by atoms with E-state index in [1.54, 1.807) is 0 Å². The molecule has 0 bridgehead atoms. The Hall–Kier alpha value is -2.77. The largest absolute Gasteiger partial charge is 0.408 e. The smallest absolute Gasteiger partial charge is 0.282 e. The van der Waals surface area contributed by atoms with Crippen LogP contribution < -0.4 is 20.7 Å². The average Bonchev–Trinajstić information content (AvgIpc) is 2.88. The number of benzene rings is 4. The summed E-state index contributed by atoms with van der Waals surface area (Å²) in [6.45, 7) is 5.46. The van der Waals surface area contributed by atoms with Gasteiger partial charge in [-0.3, -0.25) is 0 Å². The van der Waals surface area contributed by atoms with Gasteiger partial charge >= 0.3 is 0 Å². The van der Waals surface area contributed by atoms with E-state index in [1.165, 1.54) is 20.7 Å². The van der Waals surface area contributed by atoms with E-state index < -0.39 is 15.7 Å². The molecule has 0 amide bonds. The Morgan fingerprint density at radius 2 is 0.625 bits per heavy atom. The van der Waals surface area contributed by atoms with Crippen LogP contribution in [0.5, 0.6) is 0 Å². The van der Waals surface area contributed by atoms with E-state index in [0.29, 0.717) is 13.2 Å². The van der Waals surface area contributed by atoms with E-state index in [0.717, 1.165) is 0 Å². The number of hydrogen-bond donors (Lipinski definition) is 0. The van der Waals surface area contributed by atoms with Crippen LogP contribution in [-0.4, -0.2) is 28.9 Å². The SMILES string of the molecule is CCO[Si](c1ccccc1)(c1ccccc1)[Si](OCC)(c1ccccc1)c1ccccc1. The fraction of sp³-hybridized carbons (Fsp3) is 0.143. The molecule has 0 unspecified atom stereocenters. The molecule has 0 aromatic heterocycles. The lowest BCUT2D eigenvalue weighted by Crippen LogP contribution is -2.88. The quantitative estimate of drug-likeness (QED) is 0.359. The van der Waals surface area contributed by atoms with Crippen molar-refractivity contribution in [2.45, 2.75) is 13.8 Å². The summed E-state index contributed by atoms with van der Waals surface area (Å²) >= 11 is 0. The van der Waals surface area contributed by atoms with Crippen LogP contribution in [0.2, 0.25) is 0 Å². The zero-order valence-corrected chi connectivity index (χ0v) is 20.8. The van der Waals surface area contributed by atoms with Gasteiger partial charge in [-0.25, -0.2) is 0 Å². The summed E-state index contributed by atoms with van der Waals surface area (Å²) in [5, 5.41) is 5.00.